The molecule has 240 valence electrons. The Labute approximate surface area is 268 Å². The van der Waals surface area contributed by atoms with E-state index in [9.17, 15) is 19.5 Å². The van der Waals surface area contributed by atoms with Crippen LogP contribution in [0.3, 0.4) is 0 Å². The number of phenols is 1. The van der Waals surface area contributed by atoms with Gasteiger partial charge in [0, 0.05) is 38.5 Å². The Morgan fingerprint density at radius 1 is 1.00 bits per heavy atom. The van der Waals surface area contributed by atoms with Crippen molar-refractivity contribution < 1.29 is 19.5 Å². The number of para-hydroxylation sites is 1. The van der Waals surface area contributed by atoms with E-state index in [0.717, 1.165) is 34.1 Å². The van der Waals surface area contributed by atoms with Crippen molar-refractivity contribution in [2.75, 3.05) is 40.8 Å². The second-order valence-corrected chi connectivity index (χ2v) is 12.2. The van der Waals surface area contributed by atoms with E-state index in [1.165, 1.54) is 0 Å². The van der Waals surface area contributed by atoms with Crippen LogP contribution >= 0.6 is 0 Å². The minimum absolute atomic E-state index is 0.0427. The highest BCUT2D eigenvalue weighted by molar-refractivity contribution is 5.92. The summed E-state index contributed by atoms with van der Waals surface area (Å²) in [4.78, 5) is 47.3. The van der Waals surface area contributed by atoms with Gasteiger partial charge in [-0.05, 0) is 42.9 Å². The number of rotatable bonds is 9. The number of nitrogens with one attached hydrogen (secondary N) is 1. The molecule has 2 aliphatic heterocycles. The highest BCUT2D eigenvalue weighted by atomic mass is 16.3. The fraction of sp³-hybridized carbons (Fsp3) is 0.353. The molecule has 2 saturated heterocycles. The van der Waals surface area contributed by atoms with Gasteiger partial charge in [-0.3, -0.25) is 14.3 Å². The molecule has 1 unspecified atom stereocenters. The molecule has 0 saturated carbocycles. The number of hydrogen-bond acceptors (Lipinski definition) is 7. The van der Waals surface area contributed by atoms with Crippen LogP contribution in [-0.2, 0) is 35.6 Å². The summed E-state index contributed by atoms with van der Waals surface area (Å²) in [5.41, 5.74) is 3.65. The first-order valence-corrected chi connectivity index (χ1v) is 15.5. The van der Waals surface area contributed by atoms with E-state index in [2.05, 4.69) is 15.3 Å². The summed E-state index contributed by atoms with van der Waals surface area (Å²) in [6, 6.07) is 21.1. The maximum Gasteiger partial charge on any atom is 0.334 e. The largest absolute Gasteiger partial charge is 0.508 e. The topological polar surface area (TPSA) is 117 Å². The molecule has 2 aliphatic rings. The lowest BCUT2D eigenvalue weighted by molar-refractivity contribution is -0.187. The Morgan fingerprint density at radius 3 is 2.50 bits per heavy atom. The number of aromatic nitrogens is 2. The maximum absolute atomic E-state index is 14.4. The van der Waals surface area contributed by atoms with Gasteiger partial charge in [-0.15, -0.1) is 0 Å². The second-order valence-electron chi connectivity index (χ2n) is 12.2. The third kappa shape index (κ3) is 6.40. The minimum atomic E-state index is -0.841. The number of aromatic hydroxyl groups is 1. The van der Waals surface area contributed by atoms with Crippen LogP contribution in [0.2, 0.25) is 0 Å². The molecule has 0 aliphatic carbocycles. The number of carbonyl (C=O) groups is 3. The van der Waals surface area contributed by atoms with Crippen LogP contribution in [0.4, 0.5) is 4.79 Å². The van der Waals surface area contributed by atoms with Gasteiger partial charge in [-0.2, -0.15) is 5.10 Å². The standard InChI is InChI=1S/C34H40N8O4/c1-37(2)16-17-40-32-26(20-36-40)10-7-11-27(32)21-39-22-30-41(29(33(39)45)18-24-12-14-28(43)15-13-24)31(44)23-38(3)42(30)34(46)35-19-25-8-5-4-6-9-25/h4-15,20,29-30,43H,16-19,21-23H2,1-3H3,(H,35,46)/t29-,30?/m0/s1. The van der Waals surface area contributed by atoms with Crippen LogP contribution < -0.4 is 5.32 Å². The van der Waals surface area contributed by atoms with E-state index in [-0.39, 0.29) is 49.7 Å². The predicted octanol–water partition coefficient (Wildman–Crippen LogP) is 2.48. The number of likely N-dealkylation sites (N-methyl/N-ethyl adjacent to an activating group) is 2. The van der Waals surface area contributed by atoms with Crippen LogP contribution in [0.5, 0.6) is 5.75 Å². The van der Waals surface area contributed by atoms with Crippen molar-refractivity contribution in [2.45, 2.75) is 38.3 Å². The van der Waals surface area contributed by atoms with Gasteiger partial charge in [0.15, 0.2) is 0 Å². The lowest BCUT2D eigenvalue weighted by Gasteiger charge is -2.54. The monoisotopic (exact) mass is 624 g/mol. The Bertz CT molecular complexity index is 1710. The number of piperazine rings is 1. The van der Waals surface area contributed by atoms with Gasteiger partial charge in [0.25, 0.3) is 0 Å². The smallest absolute Gasteiger partial charge is 0.334 e. The Kier molecular flexibility index (Phi) is 8.91. The van der Waals surface area contributed by atoms with Crippen molar-refractivity contribution in [1.82, 2.24) is 39.8 Å². The number of amides is 4. The van der Waals surface area contributed by atoms with Crippen molar-refractivity contribution in [3.8, 4) is 5.75 Å². The molecule has 12 heteroatoms. The van der Waals surface area contributed by atoms with Crippen LogP contribution in [0, 0.1) is 0 Å². The average Bonchev–Trinajstić information content (AvgIpc) is 3.46. The molecule has 6 rings (SSSR count). The maximum atomic E-state index is 14.4. The third-order valence-corrected chi connectivity index (χ3v) is 8.66. The van der Waals surface area contributed by atoms with E-state index in [1.807, 2.05) is 73.5 Å². The molecule has 4 amide bonds. The normalized spacial score (nSPS) is 18.8. The zero-order valence-corrected chi connectivity index (χ0v) is 26.4. The Morgan fingerprint density at radius 2 is 1.76 bits per heavy atom. The minimum Gasteiger partial charge on any atom is -0.508 e. The lowest BCUT2D eigenvalue weighted by atomic mass is 9.98. The SMILES string of the molecule is CN(C)CCn1ncc2cccc(CN3CC4N(C(=O)CN(C)N4C(=O)NCc4ccccc4)[C@@H](Cc4ccc(O)cc4)C3=O)c21. The number of phenolic OH excluding ortho intramolecular Hbond substituents is 1. The number of hydrogen-bond donors (Lipinski definition) is 2. The van der Waals surface area contributed by atoms with Crippen molar-refractivity contribution in [1.29, 1.82) is 0 Å². The summed E-state index contributed by atoms with van der Waals surface area (Å²) >= 11 is 0. The predicted molar refractivity (Wildman–Crippen MR) is 173 cm³/mol. The van der Waals surface area contributed by atoms with Crippen LogP contribution in [0.15, 0.2) is 79.0 Å². The number of hydrazine groups is 1. The van der Waals surface area contributed by atoms with Crippen LogP contribution in [0.25, 0.3) is 10.9 Å². The number of fused-ring (bicyclic) bond motifs is 2. The number of nitrogens with zero attached hydrogens (tertiary/aromatic N) is 7. The van der Waals surface area contributed by atoms with Gasteiger partial charge in [0.2, 0.25) is 11.8 Å². The van der Waals surface area contributed by atoms with Gasteiger partial charge in [0.1, 0.15) is 18.0 Å². The molecular weight excluding hydrogens is 584 g/mol. The van der Waals surface area contributed by atoms with Gasteiger partial charge >= 0.3 is 6.03 Å². The first kappa shape index (κ1) is 31.1. The summed E-state index contributed by atoms with van der Waals surface area (Å²) in [5.74, 6) is -0.294. The van der Waals surface area contributed by atoms with Crippen molar-refractivity contribution in [2.24, 2.45) is 0 Å². The molecule has 2 atom stereocenters. The van der Waals surface area contributed by atoms with E-state index in [4.69, 9.17) is 0 Å². The average molecular weight is 625 g/mol. The van der Waals surface area contributed by atoms with Gasteiger partial charge < -0.3 is 25.1 Å². The molecule has 0 radical (unpaired) electrons. The molecule has 0 spiro atoms. The Balaban J connectivity index is 1.34. The molecule has 1 aromatic heterocycles. The Hall–Kier alpha value is -4.94. The summed E-state index contributed by atoms with van der Waals surface area (Å²) < 4.78 is 1.97. The van der Waals surface area contributed by atoms with Crippen molar-refractivity contribution in [3.63, 3.8) is 0 Å². The van der Waals surface area contributed by atoms with E-state index >= 15 is 0 Å². The summed E-state index contributed by atoms with van der Waals surface area (Å²) in [6.45, 7) is 2.21. The summed E-state index contributed by atoms with van der Waals surface area (Å²) in [7, 11) is 5.75. The van der Waals surface area contributed by atoms with Crippen LogP contribution in [0.1, 0.15) is 16.7 Å². The molecule has 12 nitrogen and oxygen atoms in total. The third-order valence-electron chi connectivity index (χ3n) is 8.66. The molecule has 3 heterocycles. The zero-order chi connectivity index (χ0) is 32.4. The quantitative estimate of drug-likeness (QED) is 0.294. The zero-order valence-electron chi connectivity index (χ0n) is 26.4. The van der Waals surface area contributed by atoms with Crippen molar-refractivity contribution in [3.05, 3.63) is 95.7 Å². The second kappa shape index (κ2) is 13.2. The number of carbonyl (C=O) groups excluding carboxylic acids is 3. The molecule has 2 fully saturated rings. The first-order valence-electron chi connectivity index (χ1n) is 15.5. The molecule has 3 aromatic carbocycles. The molecule has 46 heavy (non-hydrogen) atoms. The highest BCUT2D eigenvalue weighted by Gasteiger charge is 2.50. The van der Waals surface area contributed by atoms with Gasteiger partial charge in [0.05, 0.1) is 31.3 Å². The first-order chi connectivity index (χ1) is 22.2. The van der Waals surface area contributed by atoms with E-state index in [1.54, 1.807) is 51.1 Å². The van der Waals surface area contributed by atoms with E-state index in [0.29, 0.717) is 13.1 Å². The number of urea groups is 1. The highest BCUT2D eigenvalue weighted by Crippen LogP contribution is 2.30. The summed E-state index contributed by atoms with van der Waals surface area (Å²) in [5, 5.41) is 21.7. The van der Waals surface area contributed by atoms with Gasteiger partial charge in [-0.1, -0.05) is 60.7 Å². The molecular formula is C34H40N8O4. The van der Waals surface area contributed by atoms with Crippen LogP contribution in [-0.4, -0.2) is 110 Å². The molecule has 2 N–H and O–H groups in total. The fourth-order valence-electron chi connectivity index (χ4n) is 6.37. The summed E-state index contributed by atoms with van der Waals surface area (Å²) in [6.07, 6.45) is 1.36. The van der Waals surface area contributed by atoms with E-state index < -0.39 is 12.2 Å². The molecule has 4 aromatic rings. The lowest BCUT2D eigenvalue weighted by Crippen LogP contribution is -2.76. The van der Waals surface area contributed by atoms with Crippen molar-refractivity contribution >= 4 is 28.7 Å². The number of benzene rings is 3. The molecule has 0 bridgehead atoms. The fourth-order valence-corrected chi connectivity index (χ4v) is 6.37. The van der Waals surface area contributed by atoms with Gasteiger partial charge in [-0.25, -0.2) is 14.8 Å².